The molecule has 0 saturated carbocycles. The minimum Gasteiger partial charge on any atom is -0.491 e. The van der Waals surface area contributed by atoms with Crippen molar-refractivity contribution in [2.75, 3.05) is 13.2 Å². The number of furan rings is 1. The lowest BCUT2D eigenvalue weighted by molar-refractivity contribution is 0.0692. The van der Waals surface area contributed by atoms with Gasteiger partial charge in [-0.25, -0.2) is 4.79 Å². The van der Waals surface area contributed by atoms with E-state index in [1.165, 1.54) is 6.07 Å². The van der Waals surface area contributed by atoms with Crippen molar-refractivity contribution in [3.63, 3.8) is 0 Å². The number of aromatic carboxylic acids is 1. The van der Waals surface area contributed by atoms with Gasteiger partial charge in [-0.2, -0.15) is 0 Å². The zero-order valence-electron chi connectivity index (χ0n) is 12.1. The molecule has 1 heterocycles. The van der Waals surface area contributed by atoms with Gasteiger partial charge in [0.05, 0.1) is 6.04 Å². The van der Waals surface area contributed by atoms with Crippen molar-refractivity contribution in [2.24, 2.45) is 0 Å². The number of aryl methyl sites for hydroxylation is 1. The van der Waals surface area contributed by atoms with Crippen LogP contribution in [0.5, 0.6) is 5.75 Å². The van der Waals surface area contributed by atoms with Crippen LogP contribution in [-0.2, 0) is 0 Å². The van der Waals surface area contributed by atoms with Gasteiger partial charge >= 0.3 is 5.97 Å². The summed E-state index contributed by atoms with van der Waals surface area (Å²) in [5.74, 6) is 1.15. The van der Waals surface area contributed by atoms with Crippen molar-refractivity contribution >= 4 is 5.97 Å². The maximum atomic E-state index is 11.0. The van der Waals surface area contributed by atoms with Gasteiger partial charge in [-0.1, -0.05) is 12.1 Å². The maximum Gasteiger partial charge on any atom is 0.339 e. The van der Waals surface area contributed by atoms with Crippen LogP contribution in [0.3, 0.4) is 0 Å². The molecule has 1 aromatic heterocycles. The molecule has 0 aliphatic carbocycles. The van der Waals surface area contributed by atoms with Gasteiger partial charge in [0.1, 0.15) is 29.4 Å². The number of nitrogens with one attached hydrogen (secondary N) is 1. The number of carboxylic acids is 1. The summed E-state index contributed by atoms with van der Waals surface area (Å²) in [7, 11) is 0. The highest BCUT2D eigenvalue weighted by atomic mass is 16.5. The van der Waals surface area contributed by atoms with E-state index in [0.717, 1.165) is 11.5 Å². The van der Waals surface area contributed by atoms with Crippen LogP contribution < -0.4 is 10.1 Å². The molecule has 0 amide bonds. The zero-order chi connectivity index (χ0) is 15.2. The lowest BCUT2D eigenvalue weighted by atomic mass is 10.2. The number of hydrogen-bond donors (Lipinski definition) is 2. The minimum absolute atomic E-state index is 0.0806. The summed E-state index contributed by atoms with van der Waals surface area (Å²) in [6.45, 7) is 4.88. The summed E-state index contributed by atoms with van der Waals surface area (Å²) in [6, 6.07) is 10.6. The first-order valence-electron chi connectivity index (χ1n) is 6.83. The van der Waals surface area contributed by atoms with E-state index < -0.39 is 5.97 Å². The number of ether oxygens (including phenoxy) is 1. The Morgan fingerprint density at radius 3 is 2.76 bits per heavy atom. The Morgan fingerprint density at radius 2 is 2.10 bits per heavy atom. The van der Waals surface area contributed by atoms with E-state index in [1.807, 2.05) is 26.0 Å². The molecule has 112 valence electrons. The summed E-state index contributed by atoms with van der Waals surface area (Å²) in [5, 5.41) is 12.3. The molecule has 5 nitrogen and oxygen atoms in total. The standard InChI is InChI=1S/C16H19NO4/c1-11-7-8-14(21-11)12(2)17-9-10-20-15-6-4-3-5-13(15)16(18)19/h3-8,12,17H,9-10H2,1-2H3,(H,18,19). The fraction of sp³-hybridized carbons (Fsp3) is 0.312. The van der Waals surface area contributed by atoms with Crippen molar-refractivity contribution in [3.8, 4) is 5.75 Å². The largest absolute Gasteiger partial charge is 0.491 e. The molecule has 0 radical (unpaired) electrons. The summed E-state index contributed by atoms with van der Waals surface area (Å²) in [6.07, 6.45) is 0. The molecular formula is C16H19NO4. The molecule has 1 atom stereocenters. The lowest BCUT2D eigenvalue weighted by Gasteiger charge is -2.13. The number of carboxylic acid groups (broad SMARTS) is 1. The summed E-state index contributed by atoms with van der Waals surface area (Å²) in [4.78, 5) is 11.0. The highest BCUT2D eigenvalue weighted by Crippen LogP contribution is 2.18. The Balaban J connectivity index is 1.81. The molecule has 0 fully saturated rings. The minimum atomic E-state index is -0.988. The van der Waals surface area contributed by atoms with Crippen molar-refractivity contribution in [2.45, 2.75) is 19.9 Å². The number of hydrogen-bond acceptors (Lipinski definition) is 4. The highest BCUT2D eigenvalue weighted by molar-refractivity contribution is 5.90. The second-order valence-electron chi connectivity index (χ2n) is 4.77. The van der Waals surface area contributed by atoms with Gasteiger partial charge in [-0.15, -0.1) is 0 Å². The third-order valence-corrected chi connectivity index (χ3v) is 3.12. The summed E-state index contributed by atoms with van der Waals surface area (Å²) >= 11 is 0. The van der Waals surface area contributed by atoms with Gasteiger partial charge in [0.25, 0.3) is 0 Å². The van der Waals surface area contributed by atoms with Gasteiger partial charge in [0.2, 0.25) is 0 Å². The first-order chi connectivity index (χ1) is 10.1. The molecule has 1 aromatic carbocycles. The molecule has 21 heavy (non-hydrogen) atoms. The average Bonchev–Trinajstić information content (AvgIpc) is 2.90. The van der Waals surface area contributed by atoms with Gasteiger partial charge in [0.15, 0.2) is 0 Å². The normalized spacial score (nSPS) is 12.1. The van der Waals surface area contributed by atoms with Crippen LogP contribution in [0.1, 0.15) is 34.8 Å². The first kappa shape index (κ1) is 15.1. The molecule has 0 aliphatic rings. The smallest absolute Gasteiger partial charge is 0.339 e. The Morgan fingerprint density at radius 1 is 1.33 bits per heavy atom. The third kappa shape index (κ3) is 4.10. The van der Waals surface area contributed by atoms with Gasteiger partial charge in [0, 0.05) is 6.54 Å². The van der Waals surface area contributed by atoms with Gasteiger partial charge in [-0.3, -0.25) is 0 Å². The molecular weight excluding hydrogens is 270 g/mol. The SMILES string of the molecule is Cc1ccc(C(C)NCCOc2ccccc2C(=O)O)o1. The van der Waals surface area contributed by atoms with Gasteiger partial charge < -0.3 is 19.6 Å². The molecule has 1 unspecified atom stereocenters. The maximum absolute atomic E-state index is 11.0. The Kier molecular flexibility index (Phi) is 5.00. The predicted octanol–water partition coefficient (Wildman–Crippen LogP) is 3.02. The number of rotatable bonds is 7. The number of para-hydroxylation sites is 1. The second kappa shape index (κ2) is 6.95. The van der Waals surface area contributed by atoms with Crippen LogP contribution in [0.25, 0.3) is 0 Å². The van der Waals surface area contributed by atoms with Crippen molar-refractivity contribution in [1.82, 2.24) is 5.32 Å². The fourth-order valence-electron chi connectivity index (χ4n) is 1.99. The van der Waals surface area contributed by atoms with Crippen molar-refractivity contribution < 1.29 is 19.1 Å². The molecule has 2 rings (SSSR count). The van der Waals surface area contributed by atoms with E-state index in [-0.39, 0.29) is 11.6 Å². The topological polar surface area (TPSA) is 71.7 Å². The molecule has 5 heteroatoms. The first-order valence-corrected chi connectivity index (χ1v) is 6.83. The summed E-state index contributed by atoms with van der Waals surface area (Å²) in [5.41, 5.74) is 0.173. The van der Waals surface area contributed by atoms with E-state index in [9.17, 15) is 4.79 Å². The molecule has 2 aromatic rings. The lowest BCUT2D eigenvalue weighted by Crippen LogP contribution is -2.24. The van der Waals surface area contributed by atoms with Crippen LogP contribution in [0.4, 0.5) is 0 Å². The van der Waals surface area contributed by atoms with Crippen molar-refractivity contribution in [3.05, 3.63) is 53.5 Å². The van der Waals surface area contributed by atoms with Crippen molar-refractivity contribution in [1.29, 1.82) is 0 Å². The Labute approximate surface area is 123 Å². The highest BCUT2D eigenvalue weighted by Gasteiger charge is 2.11. The van der Waals surface area contributed by atoms with E-state index in [2.05, 4.69) is 5.32 Å². The van der Waals surface area contributed by atoms with Crippen LogP contribution in [0.2, 0.25) is 0 Å². The zero-order valence-corrected chi connectivity index (χ0v) is 12.1. The van der Waals surface area contributed by atoms with Crippen LogP contribution in [0, 0.1) is 6.92 Å². The van der Waals surface area contributed by atoms with Crippen LogP contribution >= 0.6 is 0 Å². The third-order valence-electron chi connectivity index (χ3n) is 3.12. The average molecular weight is 289 g/mol. The quantitative estimate of drug-likeness (QED) is 0.767. The number of carbonyl (C=O) groups is 1. The van der Waals surface area contributed by atoms with Gasteiger partial charge in [-0.05, 0) is 38.1 Å². The number of benzene rings is 1. The molecule has 0 aliphatic heterocycles. The van der Waals surface area contributed by atoms with Crippen LogP contribution in [-0.4, -0.2) is 24.2 Å². The second-order valence-corrected chi connectivity index (χ2v) is 4.77. The van der Waals surface area contributed by atoms with E-state index >= 15 is 0 Å². The Hall–Kier alpha value is -2.27. The Bertz CT molecular complexity index is 606. The fourth-order valence-corrected chi connectivity index (χ4v) is 1.99. The molecule has 0 saturated heterocycles. The van der Waals surface area contributed by atoms with E-state index in [0.29, 0.717) is 18.9 Å². The summed E-state index contributed by atoms with van der Waals surface area (Å²) < 4.78 is 11.0. The monoisotopic (exact) mass is 289 g/mol. The van der Waals surface area contributed by atoms with Crippen LogP contribution in [0.15, 0.2) is 40.8 Å². The van der Waals surface area contributed by atoms with E-state index in [1.54, 1.807) is 18.2 Å². The molecule has 0 bridgehead atoms. The predicted molar refractivity (Wildman–Crippen MR) is 78.8 cm³/mol. The molecule has 2 N–H and O–H groups in total. The van der Waals surface area contributed by atoms with E-state index in [4.69, 9.17) is 14.3 Å². The molecule has 0 spiro atoms.